The number of piperidine rings is 1. The van der Waals surface area contributed by atoms with Gasteiger partial charge in [-0.3, -0.25) is 0 Å². The van der Waals surface area contributed by atoms with Gasteiger partial charge in [-0.1, -0.05) is 6.07 Å². The zero-order valence-corrected chi connectivity index (χ0v) is 9.33. The highest BCUT2D eigenvalue weighted by molar-refractivity contribution is 5.41. The van der Waals surface area contributed by atoms with Crippen molar-refractivity contribution in [3.05, 3.63) is 29.3 Å². The molecular weight excluding hydrogens is 202 g/mol. The molecule has 3 rings (SSSR count). The summed E-state index contributed by atoms with van der Waals surface area (Å²) in [5, 5.41) is 13.9. The lowest BCUT2D eigenvalue weighted by molar-refractivity contribution is 0.00588. The molecule has 2 aliphatic rings. The minimum atomic E-state index is -0.636. The number of fused-ring (bicyclic) bond motifs is 1. The highest BCUT2D eigenvalue weighted by Gasteiger charge is 2.31. The molecule has 16 heavy (non-hydrogen) atoms. The second kappa shape index (κ2) is 3.75. The Bertz CT molecular complexity index is 397. The van der Waals surface area contributed by atoms with E-state index in [1.54, 1.807) is 0 Å². The maximum atomic E-state index is 10.6. The fourth-order valence-corrected chi connectivity index (χ4v) is 2.61. The Morgan fingerprint density at radius 3 is 2.88 bits per heavy atom. The van der Waals surface area contributed by atoms with Crippen LogP contribution in [-0.2, 0) is 12.0 Å². The van der Waals surface area contributed by atoms with E-state index in [1.165, 1.54) is 5.56 Å². The third-order valence-corrected chi connectivity index (χ3v) is 3.66. The minimum absolute atomic E-state index is 0.636. The van der Waals surface area contributed by atoms with Crippen LogP contribution in [0.2, 0.25) is 0 Å². The van der Waals surface area contributed by atoms with Crippen LogP contribution in [0.15, 0.2) is 18.2 Å². The van der Waals surface area contributed by atoms with Gasteiger partial charge in [-0.05, 0) is 49.2 Å². The average molecular weight is 219 g/mol. The number of rotatable bonds is 1. The molecule has 2 aliphatic heterocycles. The molecule has 0 saturated carbocycles. The van der Waals surface area contributed by atoms with E-state index in [-0.39, 0.29) is 0 Å². The number of hydrogen-bond acceptors (Lipinski definition) is 3. The lowest BCUT2D eigenvalue weighted by atomic mass is 9.84. The lowest BCUT2D eigenvalue weighted by Crippen LogP contribution is -2.39. The topological polar surface area (TPSA) is 41.5 Å². The molecule has 1 saturated heterocycles. The molecular formula is C13H17NO2. The van der Waals surface area contributed by atoms with Gasteiger partial charge in [0.2, 0.25) is 0 Å². The highest BCUT2D eigenvalue weighted by Crippen LogP contribution is 2.34. The first-order chi connectivity index (χ1) is 7.78. The van der Waals surface area contributed by atoms with E-state index in [0.717, 1.165) is 50.3 Å². The van der Waals surface area contributed by atoms with Gasteiger partial charge < -0.3 is 15.2 Å². The number of aliphatic hydroxyl groups is 1. The number of ether oxygens (including phenoxy) is 1. The normalized spacial score (nSPS) is 22.6. The molecule has 0 radical (unpaired) electrons. The summed E-state index contributed by atoms with van der Waals surface area (Å²) in [7, 11) is 0. The van der Waals surface area contributed by atoms with Gasteiger partial charge in [0, 0.05) is 6.42 Å². The summed E-state index contributed by atoms with van der Waals surface area (Å²) in [6, 6.07) is 6.13. The molecule has 0 aliphatic carbocycles. The first kappa shape index (κ1) is 10.1. The minimum Gasteiger partial charge on any atom is -0.493 e. The SMILES string of the molecule is OC1(c2ccc3c(c2)CCO3)CCNCC1. The predicted molar refractivity (Wildman–Crippen MR) is 61.6 cm³/mol. The largest absolute Gasteiger partial charge is 0.493 e. The van der Waals surface area contributed by atoms with Crippen molar-refractivity contribution in [2.45, 2.75) is 24.9 Å². The zero-order valence-electron chi connectivity index (χ0n) is 9.33. The first-order valence-corrected chi connectivity index (χ1v) is 5.97. The molecule has 1 aromatic rings. The van der Waals surface area contributed by atoms with Crippen molar-refractivity contribution in [3.8, 4) is 5.75 Å². The smallest absolute Gasteiger partial charge is 0.122 e. The van der Waals surface area contributed by atoms with Crippen LogP contribution in [0.5, 0.6) is 5.75 Å². The molecule has 0 atom stereocenters. The Morgan fingerprint density at radius 2 is 2.06 bits per heavy atom. The van der Waals surface area contributed by atoms with E-state index in [9.17, 15) is 5.11 Å². The van der Waals surface area contributed by atoms with Crippen molar-refractivity contribution in [2.24, 2.45) is 0 Å². The summed E-state index contributed by atoms with van der Waals surface area (Å²) < 4.78 is 5.48. The zero-order chi connectivity index (χ0) is 11.0. The molecule has 1 aromatic carbocycles. The van der Waals surface area contributed by atoms with Crippen molar-refractivity contribution in [3.63, 3.8) is 0 Å². The van der Waals surface area contributed by atoms with Crippen LogP contribution in [0.1, 0.15) is 24.0 Å². The van der Waals surface area contributed by atoms with Crippen molar-refractivity contribution >= 4 is 0 Å². The Labute approximate surface area is 95.4 Å². The summed E-state index contributed by atoms with van der Waals surface area (Å²) in [6.45, 7) is 2.56. The summed E-state index contributed by atoms with van der Waals surface area (Å²) in [4.78, 5) is 0. The standard InChI is InChI=1S/C13H17NO2/c15-13(4-6-14-7-5-13)11-1-2-12-10(9-11)3-8-16-12/h1-2,9,14-15H,3-8H2. The van der Waals surface area contributed by atoms with Crippen molar-refractivity contribution in [2.75, 3.05) is 19.7 Å². The second-order valence-electron chi connectivity index (χ2n) is 4.70. The van der Waals surface area contributed by atoms with Crippen LogP contribution in [0.3, 0.4) is 0 Å². The average Bonchev–Trinajstić information content (AvgIpc) is 2.77. The van der Waals surface area contributed by atoms with Crippen LogP contribution in [0.25, 0.3) is 0 Å². The van der Waals surface area contributed by atoms with Gasteiger partial charge in [-0.25, -0.2) is 0 Å². The fraction of sp³-hybridized carbons (Fsp3) is 0.538. The van der Waals surface area contributed by atoms with Gasteiger partial charge in [0.05, 0.1) is 12.2 Å². The summed E-state index contributed by atoms with van der Waals surface area (Å²) in [6.07, 6.45) is 2.57. The molecule has 1 fully saturated rings. The van der Waals surface area contributed by atoms with E-state index in [2.05, 4.69) is 11.4 Å². The Kier molecular flexibility index (Phi) is 2.37. The predicted octanol–water partition coefficient (Wildman–Crippen LogP) is 1.19. The molecule has 2 N–H and O–H groups in total. The maximum absolute atomic E-state index is 10.6. The van der Waals surface area contributed by atoms with E-state index in [1.807, 2.05) is 12.1 Å². The Hall–Kier alpha value is -1.06. The first-order valence-electron chi connectivity index (χ1n) is 5.97. The maximum Gasteiger partial charge on any atom is 0.122 e. The quantitative estimate of drug-likeness (QED) is 0.745. The third-order valence-electron chi connectivity index (χ3n) is 3.66. The van der Waals surface area contributed by atoms with Crippen LogP contribution in [0, 0.1) is 0 Å². The van der Waals surface area contributed by atoms with Gasteiger partial charge in [0.15, 0.2) is 0 Å². The molecule has 0 bridgehead atoms. The molecule has 0 aromatic heterocycles. The summed E-state index contributed by atoms with van der Waals surface area (Å²) in [5.74, 6) is 0.987. The molecule has 3 heteroatoms. The van der Waals surface area contributed by atoms with Crippen LogP contribution >= 0.6 is 0 Å². The summed E-state index contributed by atoms with van der Waals surface area (Å²) >= 11 is 0. The molecule has 86 valence electrons. The number of nitrogens with one attached hydrogen (secondary N) is 1. The molecule has 0 unspecified atom stereocenters. The van der Waals surface area contributed by atoms with Crippen LogP contribution in [0.4, 0.5) is 0 Å². The van der Waals surface area contributed by atoms with E-state index in [4.69, 9.17) is 4.74 Å². The highest BCUT2D eigenvalue weighted by atomic mass is 16.5. The Balaban J connectivity index is 1.93. The number of hydrogen-bond donors (Lipinski definition) is 2. The van der Waals surface area contributed by atoms with E-state index >= 15 is 0 Å². The molecule has 0 amide bonds. The van der Waals surface area contributed by atoms with Crippen molar-refractivity contribution in [1.82, 2.24) is 5.32 Å². The van der Waals surface area contributed by atoms with Gasteiger partial charge in [0.1, 0.15) is 5.75 Å². The monoisotopic (exact) mass is 219 g/mol. The van der Waals surface area contributed by atoms with Gasteiger partial charge >= 0.3 is 0 Å². The molecule has 3 nitrogen and oxygen atoms in total. The molecule has 2 heterocycles. The van der Waals surface area contributed by atoms with E-state index < -0.39 is 5.60 Å². The molecule has 0 spiro atoms. The van der Waals surface area contributed by atoms with Gasteiger partial charge in [0.25, 0.3) is 0 Å². The van der Waals surface area contributed by atoms with E-state index in [0.29, 0.717) is 0 Å². The lowest BCUT2D eigenvalue weighted by Gasteiger charge is -2.33. The van der Waals surface area contributed by atoms with Crippen LogP contribution < -0.4 is 10.1 Å². The number of benzene rings is 1. The van der Waals surface area contributed by atoms with Crippen LogP contribution in [-0.4, -0.2) is 24.8 Å². The second-order valence-corrected chi connectivity index (χ2v) is 4.70. The fourth-order valence-electron chi connectivity index (χ4n) is 2.61. The van der Waals surface area contributed by atoms with Gasteiger partial charge in [-0.15, -0.1) is 0 Å². The Morgan fingerprint density at radius 1 is 1.25 bits per heavy atom. The van der Waals surface area contributed by atoms with Gasteiger partial charge in [-0.2, -0.15) is 0 Å². The summed E-state index contributed by atoms with van der Waals surface area (Å²) in [5.41, 5.74) is 1.66. The van der Waals surface area contributed by atoms with Crippen molar-refractivity contribution < 1.29 is 9.84 Å². The third kappa shape index (κ3) is 1.60. The van der Waals surface area contributed by atoms with Crippen molar-refractivity contribution in [1.29, 1.82) is 0 Å².